The van der Waals surface area contributed by atoms with E-state index in [2.05, 4.69) is 4.74 Å². The Bertz CT molecular complexity index is 873. The van der Waals surface area contributed by atoms with Crippen LogP contribution < -0.4 is 0 Å². The molecule has 19 heteroatoms. The molecule has 1 N–H and O–H groups in total. The minimum Gasteiger partial charge on any atom is -0.478 e. The average Bonchev–Trinajstić information content (AvgIpc) is 2.66. The van der Waals surface area contributed by atoms with Gasteiger partial charge >= 0.3 is 44.9 Å². The van der Waals surface area contributed by atoms with Crippen molar-refractivity contribution in [2.45, 2.75) is 102 Å². The molecule has 0 saturated heterocycles. The first-order valence-electron chi connectivity index (χ1n) is 12.1. The summed E-state index contributed by atoms with van der Waals surface area (Å²) in [7, 11) is -10.4. The van der Waals surface area contributed by atoms with E-state index in [9.17, 15) is 44.7 Å². The van der Waals surface area contributed by atoms with Gasteiger partial charge in [-0.15, -0.1) is 0 Å². The quantitative estimate of drug-likeness (QED) is 0.0775. The molecular weight excluding hydrogens is 629 g/mol. The molecule has 7 nitrogen and oxygen atoms in total. The minimum absolute atomic E-state index is 0.0458. The van der Waals surface area contributed by atoms with E-state index in [0.29, 0.717) is 0 Å². The van der Waals surface area contributed by atoms with E-state index in [1.165, 1.54) is 0 Å². The number of carboxylic acids is 1. The van der Waals surface area contributed by atoms with Crippen LogP contribution in [0.5, 0.6) is 0 Å². The summed E-state index contributed by atoms with van der Waals surface area (Å²) in [5.74, 6) is -22.5. The van der Waals surface area contributed by atoms with Gasteiger partial charge < -0.3 is 22.2 Å². The summed E-state index contributed by atoms with van der Waals surface area (Å²) in [5, 5.41) is 9.09. The van der Waals surface area contributed by atoms with Crippen molar-refractivity contribution < 1.29 is 66.9 Å². The summed E-state index contributed by atoms with van der Waals surface area (Å²) in [6, 6.07) is 0.0743. The maximum atomic E-state index is 13.8. The van der Waals surface area contributed by atoms with E-state index in [4.69, 9.17) is 17.5 Å². The largest absolute Gasteiger partial charge is 0.478 e. The zero-order valence-corrected chi connectivity index (χ0v) is 27.9. The van der Waals surface area contributed by atoms with E-state index in [-0.39, 0.29) is 18.5 Å². The zero-order valence-electron chi connectivity index (χ0n) is 23.9. The molecule has 0 atom stereocenters. The maximum Gasteiger partial charge on any atom is 0.469 e. The van der Waals surface area contributed by atoms with Gasteiger partial charge in [-0.05, 0) is 71.8 Å². The van der Waals surface area contributed by atoms with Crippen LogP contribution in [0.3, 0.4) is 0 Å². The van der Waals surface area contributed by atoms with Gasteiger partial charge in [0, 0.05) is 17.7 Å². The number of carbonyl (C=O) groups is 2. The summed E-state index contributed by atoms with van der Waals surface area (Å²) in [6.07, 6.45) is -5.34. The first kappa shape index (κ1) is 38.9. The van der Waals surface area contributed by atoms with Crippen molar-refractivity contribution in [2.24, 2.45) is 0 Å². The molecule has 0 aromatic rings. The highest BCUT2D eigenvalue weighted by atomic mass is 28.5. The second kappa shape index (κ2) is 13.4. The molecule has 236 valence electrons. The predicted octanol–water partition coefficient (Wildman–Crippen LogP) is 6.99. The smallest absolute Gasteiger partial charge is 0.469 e. The van der Waals surface area contributed by atoms with Gasteiger partial charge in [-0.3, -0.25) is 0 Å². The molecule has 0 aromatic carbocycles. The fourth-order valence-corrected chi connectivity index (χ4v) is 17.9. The molecule has 0 bridgehead atoms. The number of carbonyl (C=O) groups excluding carboxylic acids is 1. The first-order chi connectivity index (χ1) is 17.5. The Morgan fingerprint density at radius 2 is 1.20 bits per heavy atom. The lowest BCUT2D eigenvalue weighted by atomic mass is 10.1. The van der Waals surface area contributed by atoms with Gasteiger partial charge in [-0.2, -0.15) is 26.3 Å². The molecule has 0 spiro atoms. The summed E-state index contributed by atoms with van der Waals surface area (Å²) >= 11 is 0. The standard InChI is InChI=1S/C21H38F8O7Si4/c1-37(2,3)34-40(35-38(4,5)6,36-39(7,8)9)12-10-11-15(13-16(30)31)17(32)33-14-19(24,25)21(28,29)20(26,27)18(22)23/h13,18H,10-12,14H2,1-9H3,(H,30,31). The predicted molar refractivity (Wildman–Crippen MR) is 141 cm³/mol. The lowest BCUT2D eigenvalue weighted by molar-refractivity contribution is -0.344. The molecule has 0 aliphatic heterocycles. The zero-order chi connectivity index (χ0) is 32.2. The van der Waals surface area contributed by atoms with Crippen LogP contribution in [-0.4, -0.2) is 81.6 Å². The molecule has 0 heterocycles. The van der Waals surface area contributed by atoms with E-state index in [0.717, 1.165) is 0 Å². The Kier molecular flexibility index (Phi) is 13.1. The SMILES string of the molecule is C[Si](C)(C)O[Si](CCCC(=CC(=O)O)C(=O)OCC(F)(F)C(F)(F)C(F)(F)C(F)F)(O[Si](C)(C)C)O[Si](C)(C)C. The Labute approximate surface area is 233 Å². The third kappa shape index (κ3) is 12.4. The number of ether oxygens (including phenoxy) is 1. The number of rotatable bonds is 17. The van der Waals surface area contributed by atoms with Crippen LogP contribution in [-0.2, 0) is 26.7 Å². The first-order valence-corrected chi connectivity index (χ1v) is 24.3. The van der Waals surface area contributed by atoms with E-state index < -0.39 is 88.5 Å². The van der Waals surface area contributed by atoms with Crippen LogP contribution in [0.1, 0.15) is 12.8 Å². The Morgan fingerprint density at radius 3 is 1.52 bits per heavy atom. The van der Waals surface area contributed by atoms with Crippen LogP contribution in [0.25, 0.3) is 0 Å². The number of carboxylic acid groups (broad SMARTS) is 1. The number of aliphatic carboxylic acids is 1. The number of halogens is 8. The van der Waals surface area contributed by atoms with Gasteiger partial charge in [-0.25, -0.2) is 18.4 Å². The molecule has 0 aliphatic rings. The summed E-state index contributed by atoms with van der Waals surface area (Å²) in [4.78, 5) is 23.6. The molecule has 0 fully saturated rings. The Balaban J connectivity index is 5.97. The highest BCUT2D eigenvalue weighted by Gasteiger charge is 2.75. The van der Waals surface area contributed by atoms with Crippen LogP contribution in [0.15, 0.2) is 11.6 Å². The van der Waals surface area contributed by atoms with E-state index in [1.807, 2.05) is 58.9 Å². The average molecular weight is 667 g/mol. The molecule has 0 unspecified atom stereocenters. The summed E-state index contributed by atoms with van der Waals surface area (Å²) < 4.78 is 129. The van der Waals surface area contributed by atoms with Crippen molar-refractivity contribution in [1.29, 1.82) is 0 Å². The van der Waals surface area contributed by atoms with Crippen molar-refractivity contribution in [1.82, 2.24) is 0 Å². The normalized spacial score (nSPS) is 15.0. The van der Waals surface area contributed by atoms with Crippen molar-refractivity contribution in [3.63, 3.8) is 0 Å². The van der Waals surface area contributed by atoms with Gasteiger partial charge in [0.05, 0.1) is 0 Å². The van der Waals surface area contributed by atoms with Crippen molar-refractivity contribution in [2.75, 3.05) is 6.61 Å². The molecule has 0 aliphatic carbocycles. The highest BCUT2D eigenvalue weighted by Crippen LogP contribution is 2.48. The monoisotopic (exact) mass is 666 g/mol. The number of alkyl halides is 8. The number of hydrogen-bond acceptors (Lipinski definition) is 6. The van der Waals surface area contributed by atoms with Crippen molar-refractivity contribution >= 4 is 45.7 Å². The van der Waals surface area contributed by atoms with Crippen LogP contribution in [0.4, 0.5) is 35.1 Å². The fraction of sp³-hybridized carbons (Fsp3) is 0.810. The van der Waals surface area contributed by atoms with Crippen LogP contribution >= 0.6 is 0 Å². The molecule has 0 amide bonds. The third-order valence-electron chi connectivity index (χ3n) is 4.41. The second-order valence-corrected chi connectivity index (χ2v) is 29.0. The highest BCUT2D eigenvalue weighted by molar-refractivity contribution is 6.90. The van der Waals surface area contributed by atoms with Gasteiger partial charge in [0.15, 0.2) is 31.6 Å². The van der Waals surface area contributed by atoms with E-state index in [1.54, 1.807) is 0 Å². The van der Waals surface area contributed by atoms with Gasteiger partial charge in [-0.1, -0.05) is 0 Å². The summed E-state index contributed by atoms with van der Waals surface area (Å²) in [6.45, 7) is 14.4. The van der Waals surface area contributed by atoms with Crippen LogP contribution in [0.2, 0.25) is 65.0 Å². The van der Waals surface area contributed by atoms with E-state index >= 15 is 0 Å². The second-order valence-electron chi connectivity index (χ2n) is 12.0. The van der Waals surface area contributed by atoms with Crippen LogP contribution in [0, 0.1) is 0 Å². The molecule has 0 saturated carbocycles. The van der Waals surface area contributed by atoms with Gasteiger partial charge in [0.2, 0.25) is 0 Å². The number of hydrogen-bond donors (Lipinski definition) is 1. The molecule has 0 rings (SSSR count). The van der Waals surface area contributed by atoms with Gasteiger partial charge in [0.1, 0.15) is 0 Å². The topological polar surface area (TPSA) is 91.3 Å². The maximum absolute atomic E-state index is 13.8. The molecule has 40 heavy (non-hydrogen) atoms. The molecule has 0 aromatic heterocycles. The lowest BCUT2D eigenvalue weighted by Crippen LogP contribution is -2.60. The summed E-state index contributed by atoms with van der Waals surface area (Å²) in [5.41, 5.74) is -0.760. The van der Waals surface area contributed by atoms with Gasteiger partial charge in [0.25, 0.3) is 0 Å². The Hall–Kier alpha value is -1.13. The third-order valence-corrected chi connectivity index (χ3v) is 16.5. The lowest BCUT2D eigenvalue weighted by Gasteiger charge is -2.43. The molecule has 0 radical (unpaired) electrons. The van der Waals surface area contributed by atoms with Crippen molar-refractivity contribution in [3.05, 3.63) is 11.6 Å². The fourth-order valence-electron chi connectivity index (χ4n) is 3.21. The van der Waals surface area contributed by atoms with Crippen molar-refractivity contribution in [3.8, 4) is 0 Å². The molecular formula is C21H38F8O7Si4. The Morgan fingerprint density at radius 1 is 0.800 bits per heavy atom. The minimum atomic E-state index is -6.58. The number of esters is 1.